The normalized spacial score (nSPS) is 12.7. The number of nitrogens with zero attached hydrogens (tertiary/aromatic N) is 1. The maximum atomic E-state index is 12.1. The van der Waals surface area contributed by atoms with Gasteiger partial charge in [0.25, 0.3) is 9.05 Å². The van der Waals surface area contributed by atoms with Crippen LogP contribution in [0.5, 0.6) is 0 Å². The molecule has 0 spiro atoms. The van der Waals surface area contributed by atoms with Gasteiger partial charge in [-0.2, -0.15) is 13.2 Å². The first kappa shape index (κ1) is 13.8. The summed E-state index contributed by atoms with van der Waals surface area (Å²) in [7, 11) is 0.632. The first-order valence-corrected chi connectivity index (χ1v) is 6.26. The van der Waals surface area contributed by atoms with Gasteiger partial charge in [-0.25, -0.2) is 13.2 Å². The van der Waals surface area contributed by atoms with Crippen LogP contribution in [-0.2, 0) is 15.6 Å². The van der Waals surface area contributed by atoms with Crippen molar-refractivity contribution < 1.29 is 31.5 Å². The van der Waals surface area contributed by atoms with E-state index in [4.69, 9.17) is 15.8 Å². The number of hydrogen-bond donors (Lipinski definition) is 1. The quantitative estimate of drug-likeness (QED) is 0.860. The number of alkyl halides is 3. The molecule has 1 N–H and O–H groups in total. The smallest absolute Gasteiger partial charge is 0.406 e. The summed E-state index contributed by atoms with van der Waals surface area (Å²) in [6.45, 7) is -1.61. The fourth-order valence-corrected chi connectivity index (χ4v) is 1.88. The number of hydrogen-bond acceptors (Lipinski definition) is 3. The standard InChI is InChI=1S/C7H5ClF3NO4S/c8-17(15,16)4-1-5(6(13)14)12(2-4)3-7(9,10)11/h1-2H,3H2,(H,13,14). The Labute approximate surface area is 97.8 Å². The lowest BCUT2D eigenvalue weighted by atomic mass is 10.4. The van der Waals surface area contributed by atoms with Crippen molar-refractivity contribution in [2.75, 3.05) is 0 Å². The van der Waals surface area contributed by atoms with E-state index in [-0.39, 0.29) is 4.57 Å². The fraction of sp³-hybridized carbons (Fsp3) is 0.286. The molecule has 5 nitrogen and oxygen atoms in total. The third-order valence-electron chi connectivity index (χ3n) is 1.72. The van der Waals surface area contributed by atoms with Gasteiger partial charge in [0.2, 0.25) is 0 Å². The third kappa shape index (κ3) is 3.63. The van der Waals surface area contributed by atoms with Gasteiger partial charge in [0.15, 0.2) is 0 Å². The molecule has 1 rings (SSSR count). The lowest BCUT2D eigenvalue weighted by molar-refractivity contribution is -0.140. The third-order valence-corrected chi connectivity index (χ3v) is 3.04. The van der Waals surface area contributed by atoms with Crippen LogP contribution < -0.4 is 0 Å². The minimum absolute atomic E-state index is 0.262. The van der Waals surface area contributed by atoms with Crippen molar-refractivity contribution in [3.63, 3.8) is 0 Å². The van der Waals surface area contributed by atoms with Crippen molar-refractivity contribution in [3.8, 4) is 0 Å². The molecule has 17 heavy (non-hydrogen) atoms. The Hall–Kier alpha value is -1.22. The summed E-state index contributed by atoms with van der Waals surface area (Å²) >= 11 is 0. The molecule has 0 aromatic carbocycles. The Morgan fingerprint density at radius 2 is 2.00 bits per heavy atom. The molecule has 0 radical (unpaired) electrons. The van der Waals surface area contributed by atoms with Crippen LogP contribution in [-0.4, -0.2) is 30.2 Å². The van der Waals surface area contributed by atoms with E-state index in [0.29, 0.717) is 12.3 Å². The molecule has 0 unspecified atom stereocenters. The van der Waals surface area contributed by atoms with Crippen LogP contribution >= 0.6 is 10.7 Å². The molecule has 0 fully saturated rings. The largest absolute Gasteiger partial charge is 0.477 e. The van der Waals surface area contributed by atoms with E-state index in [9.17, 15) is 26.4 Å². The molecule has 0 saturated carbocycles. The van der Waals surface area contributed by atoms with Crippen molar-refractivity contribution in [1.82, 2.24) is 4.57 Å². The average molecular weight is 292 g/mol. The first-order valence-electron chi connectivity index (χ1n) is 3.95. The molecule has 0 aliphatic carbocycles. The highest BCUT2D eigenvalue weighted by Gasteiger charge is 2.31. The highest BCUT2D eigenvalue weighted by molar-refractivity contribution is 8.13. The lowest BCUT2D eigenvalue weighted by Gasteiger charge is -2.08. The molecule has 96 valence electrons. The van der Waals surface area contributed by atoms with Gasteiger partial charge in [-0.15, -0.1) is 0 Å². The highest BCUT2D eigenvalue weighted by Crippen LogP contribution is 2.23. The van der Waals surface area contributed by atoms with E-state index in [0.717, 1.165) is 0 Å². The molecule has 0 atom stereocenters. The van der Waals surface area contributed by atoms with Crippen LogP contribution in [0, 0.1) is 0 Å². The van der Waals surface area contributed by atoms with Crippen molar-refractivity contribution >= 4 is 25.7 Å². The van der Waals surface area contributed by atoms with Crippen molar-refractivity contribution in [2.45, 2.75) is 17.6 Å². The maximum absolute atomic E-state index is 12.1. The Balaban J connectivity index is 3.29. The Morgan fingerprint density at radius 3 is 2.35 bits per heavy atom. The monoisotopic (exact) mass is 291 g/mol. The second-order valence-electron chi connectivity index (χ2n) is 3.05. The molecule has 10 heteroatoms. The molecule has 0 aliphatic heterocycles. The summed E-state index contributed by atoms with van der Waals surface area (Å²) in [5.41, 5.74) is -0.804. The number of carboxylic acid groups (broad SMARTS) is 1. The van der Waals surface area contributed by atoms with Crippen LogP contribution in [0.4, 0.5) is 13.2 Å². The summed E-state index contributed by atoms with van der Waals surface area (Å²) < 4.78 is 58.3. The minimum Gasteiger partial charge on any atom is -0.477 e. The number of halogens is 4. The number of carboxylic acids is 1. The molecule has 0 amide bonds. The summed E-state index contributed by atoms with van der Waals surface area (Å²) in [5.74, 6) is -1.68. The van der Waals surface area contributed by atoms with Crippen molar-refractivity contribution in [3.05, 3.63) is 18.0 Å². The Morgan fingerprint density at radius 1 is 1.47 bits per heavy atom. The zero-order valence-electron chi connectivity index (χ0n) is 7.90. The molecular formula is C7H5ClF3NO4S. The van der Waals surface area contributed by atoms with E-state index in [1.165, 1.54) is 0 Å². The van der Waals surface area contributed by atoms with Crippen LogP contribution in [0.3, 0.4) is 0 Å². The van der Waals surface area contributed by atoms with E-state index >= 15 is 0 Å². The van der Waals surface area contributed by atoms with Gasteiger partial charge in [-0.3, -0.25) is 0 Å². The summed E-state index contributed by atoms with van der Waals surface area (Å²) in [5, 5.41) is 8.62. The molecule has 0 aliphatic rings. The molecule has 1 heterocycles. The Kier molecular flexibility index (Phi) is 3.44. The van der Waals surface area contributed by atoms with Gasteiger partial charge in [-0.05, 0) is 6.07 Å². The van der Waals surface area contributed by atoms with Gasteiger partial charge in [0.05, 0.1) is 0 Å². The van der Waals surface area contributed by atoms with Crippen LogP contribution in [0.2, 0.25) is 0 Å². The van der Waals surface area contributed by atoms with Gasteiger partial charge < -0.3 is 9.67 Å². The zero-order valence-corrected chi connectivity index (χ0v) is 9.47. The van der Waals surface area contributed by atoms with E-state index in [2.05, 4.69) is 0 Å². The van der Waals surface area contributed by atoms with Crippen LogP contribution in [0.25, 0.3) is 0 Å². The summed E-state index contributed by atoms with van der Waals surface area (Å²) in [4.78, 5) is 9.93. The first-order chi connectivity index (χ1) is 7.50. The molecule has 1 aromatic heterocycles. The van der Waals surface area contributed by atoms with E-state index in [1.54, 1.807) is 0 Å². The number of aromatic nitrogens is 1. The van der Waals surface area contributed by atoms with Gasteiger partial charge in [-0.1, -0.05) is 0 Å². The predicted molar refractivity (Wildman–Crippen MR) is 50.5 cm³/mol. The molecule has 1 aromatic rings. The second-order valence-corrected chi connectivity index (χ2v) is 5.61. The topological polar surface area (TPSA) is 76.4 Å². The maximum Gasteiger partial charge on any atom is 0.406 e. The van der Waals surface area contributed by atoms with Crippen LogP contribution in [0.1, 0.15) is 10.5 Å². The van der Waals surface area contributed by atoms with E-state index in [1.807, 2.05) is 0 Å². The molecular weight excluding hydrogens is 287 g/mol. The lowest BCUT2D eigenvalue weighted by Crippen LogP contribution is -2.20. The predicted octanol–water partition coefficient (Wildman–Crippen LogP) is 1.68. The number of aromatic carboxylic acids is 1. The summed E-state index contributed by atoms with van der Waals surface area (Å²) in [6, 6.07) is 0.566. The van der Waals surface area contributed by atoms with Crippen molar-refractivity contribution in [2.24, 2.45) is 0 Å². The average Bonchev–Trinajstić information content (AvgIpc) is 2.43. The zero-order chi connectivity index (χ0) is 13.4. The number of rotatable bonds is 3. The van der Waals surface area contributed by atoms with Gasteiger partial charge >= 0.3 is 12.1 Å². The minimum atomic E-state index is -4.67. The molecule has 0 bridgehead atoms. The SMILES string of the molecule is O=C(O)c1cc(S(=O)(=O)Cl)cn1CC(F)(F)F. The van der Waals surface area contributed by atoms with Gasteiger partial charge in [0.1, 0.15) is 17.1 Å². The highest BCUT2D eigenvalue weighted by atomic mass is 35.7. The van der Waals surface area contributed by atoms with Gasteiger partial charge in [0, 0.05) is 16.9 Å². The second kappa shape index (κ2) is 4.22. The molecule has 0 saturated heterocycles. The Bertz CT molecular complexity index is 548. The summed E-state index contributed by atoms with van der Waals surface area (Å²) in [6.07, 6.45) is -4.14. The van der Waals surface area contributed by atoms with Crippen molar-refractivity contribution in [1.29, 1.82) is 0 Å². The fourth-order valence-electron chi connectivity index (χ4n) is 1.12. The van der Waals surface area contributed by atoms with E-state index < -0.39 is 38.3 Å². The number of carbonyl (C=O) groups is 1. The van der Waals surface area contributed by atoms with Crippen LogP contribution in [0.15, 0.2) is 17.2 Å².